The molecule has 0 N–H and O–H groups in total. The molecule has 14 nitrogen and oxygen atoms in total. The Labute approximate surface area is 208 Å². The molecule has 9 atom stereocenters. The molecule has 2 fully saturated rings. The number of nitrogens with zero attached hydrogens (tertiary/aromatic N) is 3. The van der Waals surface area contributed by atoms with Gasteiger partial charge in [0.25, 0.3) is 0 Å². The van der Waals surface area contributed by atoms with Crippen LogP contribution in [0.25, 0.3) is 10.4 Å². The highest BCUT2D eigenvalue weighted by molar-refractivity contribution is 5.68. The van der Waals surface area contributed by atoms with Gasteiger partial charge in [0.1, 0.15) is 31.0 Å². The van der Waals surface area contributed by atoms with Crippen LogP contribution in [0.5, 0.6) is 0 Å². The Bertz CT molecular complexity index is 862. The number of esters is 4. The zero-order valence-corrected chi connectivity index (χ0v) is 21.1. The van der Waals surface area contributed by atoms with Crippen molar-refractivity contribution >= 4 is 23.9 Å². The van der Waals surface area contributed by atoms with Crippen molar-refractivity contribution in [2.75, 3.05) is 19.8 Å². The van der Waals surface area contributed by atoms with E-state index < -0.39 is 72.6 Å². The van der Waals surface area contributed by atoms with Crippen LogP contribution in [0.15, 0.2) is 5.11 Å². The number of hydrogen-bond acceptors (Lipinski definition) is 12. The summed E-state index contributed by atoms with van der Waals surface area (Å²) < 4.78 is 38.9. The Kier molecular flexibility index (Phi) is 10.9. The number of carbonyl (C=O) groups excluding carboxylic acids is 4. The summed E-state index contributed by atoms with van der Waals surface area (Å²) in [5, 5.41) is 3.77. The minimum absolute atomic E-state index is 0.130. The molecule has 2 aliphatic heterocycles. The Morgan fingerprint density at radius 3 is 2.00 bits per heavy atom. The average Bonchev–Trinajstić information content (AvgIpc) is 2.77. The summed E-state index contributed by atoms with van der Waals surface area (Å²) >= 11 is 0. The van der Waals surface area contributed by atoms with Gasteiger partial charge in [-0.2, -0.15) is 0 Å². The first-order chi connectivity index (χ1) is 16.9. The second kappa shape index (κ2) is 13.4. The highest BCUT2D eigenvalue weighted by Gasteiger charge is 2.49. The topological polar surface area (TPSA) is 182 Å². The second-order valence-electron chi connectivity index (χ2n) is 8.80. The Balaban J connectivity index is 2.24. The number of azide groups is 1. The molecule has 0 aromatic rings. The number of carbonyl (C=O) groups is 4. The summed E-state index contributed by atoms with van der Waals surface area (Å²) in [7, 11) is 0. The van der Waals surface area contributed by atoms with Gasteiger partial charge in [0.2, 0.25) is 0 Å². The van der Waals surface area contributed by atoms with Gasteiger partial charge in [-0.15, -0.1) is 0 Å². The molecule has 0 amide bonds. The Hall–Kier alpha value is -2.93. The zero-order valence-electron chi connectivity index (χ0n) is 21.1. The lowest BCUT2D eigenvalue weighted by molar-refractivity contribution is -0.295. The Morgan fingerprint density at radius 2 is 1.44 bits per heavy atom. The molecule has 0 saturated carbocycles. The normalized spacial score (nSPS) is 34.0. The predicted molar refractivity (Wildman–Crippen MR) is 119 cm³/mol. The maximum Gasteiger partial charge on any atom is 0.303 e. The number of ether oxygens (including phenoxy) is 7. The monoisotopic (exact) mass is 515 g/mol. The third kappa shape index (κ3) is 8.05. The fraction of sp³-hybridized carbons (Fsp3) is 0.818. The van der Waals surface area contributed by atoms with E-state index in [0.29, 0.717) is 0 Å². The minimum atomic E-state index is -1.06. The van der Waals surface area contributed by atoms with Crippen molar-refractivity contribution in [1.29, 1.82) is 0 Å². The van der Waals surface area contributed by atoms with Crippen LogP contribution in [-0.2, 0) is 52.3 Å². The van der Waals surface area contributed by atoms with Crippen LogP contribution in [-0.4, -0.2) is 86.5 Å². The van der Waals surface area contributed by atoms with Gasteiger partial charge in [-0.05, 0) is 5.53 Å². The first-order valence-electron chi connectivity index (χ1n) is 11.5. The van der Waals surface area contributed by atoms with Crippen LogP contribution in [0, 0.1) is 11.8 Å². The quantitative estimate of drug-likeness (QED) is 0.142. The molecule has 0 aliphatic carbocycles. The van der Waals surface area contributed by atoms with Crippen molar-refractivity contribution in [3.05, 3.63) is 10.4 Å². The standard InChI is InChI=1S/C22H33N3O11/c1-10-7-31-16(18(24-25-23)19(10)33-13(4)27)8-32-22-11(2)20(34-14(5)28)21(35-15(6)29)17(36-22)9-30-12(3)26/h10-11,16-22H,7-9H2,1-6H3/t10?,11?,16?,17?,18-,19+,20+,21-,22+/m0/s1. The van der Waals surface area contributed by atoms with Crippen molar-refractivity contribution in [1.82, 2.24) is 0 Å². The van der Waals surface area contributed by atoms with Gasteiger partial charge < -0.3 is 33.2 Å². The van der Waals surface area contributed by atoms with Crippen LogP contribution in [0.3, 0.4) is 0 Å². The van der Waals surface area contributed by atoms with Crippen LogP contribution in [0.1, 0.15) is 41.5 Å². The number of hydrogen-bond donors (Lipinski definition) is 0. The summed E-state index contributed by atoms with van der Waals surface area (Å²) in [6.07, 6.45) is -5.54. The van der Waals surface area contributed by atoms with E-state index in [1.54, 1.807) is 13.8 Å². The molecule has 0 spiro atoms. The highest BCUT2D eigenvalue weighted by atomic mass is 16.7. The molecule has 4 unspecified atom stereocenters. The SMILES string of the molecule is CC(=O)OCC1O[C@@H](OCC2OCC(C)[C@@H](OC(C)=O)[C@H]2N=[N+]=[N-])C(C)[C@@H](OC(C)=O)[C@H]1OC(C)=O. The van der Waals surface area contributed by atoms with E-state index in [-0.39, 0.29) is 25.7 Å². The molecule has 2 heterocycles. The predicted octanol–water partition coefficient (Wildman–Crippen LogP) is 1.44. The van der Waals surface area contributed by atoms with Crippen LogP contribution in [0.4, 0.5) is 0 Å². The van der Waals surface area contributed by atoms with Crippen molar-refractivity contribution < 1.29 is 52.3 Å². The third-order valence-corrected chi connectivity index (χ3v) is 5.76. The van der Waals surface area contributed by atoms with Crippen molar-refractivity contribution in [3.8, 4) is 0 Å². The molecule has 0 aromatic heterocycles. The highest BCUT2D eigenvalue weighted by Crippen LogP contribution is 2.33. The molecular formula is C22H33N3O11. The summed E-state index contributed by atoms with van der Waals surface area (Å²) in [6.45, 7) is 8.15. The van der Waals surface area contributed by atoms with Gasteiger partial charge in [-0.25, -0.2) is 0 Å². The van der Waals surface area contributed by atoms with Crippen molar-refractivity contribution in [3.63, 3.8) is 0 Å². The van der Waals surface area contributed by atoms with E-state index in [1.165, 1.54) is 27.7 Å². The van der Waals surface area contributed by atoms with Crippen LogP contribution < -0.4 is 0 Å². The van der Waals surface area contributed by atoms with E-state index in [2.05, 4.69) is 10.0 Å². The van der Waals surface area contributed by atoms with Crippen LogP contribution in [0.2, 0.25) is 0 Å². The lowest BCUT2D eigenvalue weighted by atomic mass is 9.91. The maximum absolute atomic E-state index is 11.8. The lowest BCUT2D eigenvalue weighted by Gasteiger charge is -2.44. The molecule has 0 radical (unpaired) electrons. The van der Waals surface area contributed by atoms with Gasteiger partial charge in [-0.1, -0.05) is 19.0 Å². The minimum Gasteiger partial charge on any atom is -0.463 e. The molecule has 36 heavy (non-hydrogen) atoms. The van der Waals surface area contributed by atoms with Gasteiger partial charge in [0.15, 0.2) is 12.4 Å². The second-order valence-corrected chi connectivity index (χ2v) is 8.80. The largest absolute Gasteiger partial charge is 0.463 e. The molecular weight excluding hydrogens is 482 g/mol. The fourth-order valence-corrected chi connectivity index (χ4v) is 4.20. The third-order valence-electron chi connectivity index (χ3n) is 5.76. The summed E-state index contributed by atoms with van der Waals surface area (Å²) in [5.41, 5.74) is 9.06. The van der Waals surface area contributed by atoms with E-state index in [1.807, 2.05) is 0 Å². The molecule has 2 rings (SSSR count). The maximum atomic E-state index is 11.8. The van der Waals surface area contributed by atoms with Gasteiger partial charge in [0, 0.05) is 44.4 Å². The molecule has 2 aliphatic rings. The summed E-state index contributed by atoms with van der Waals surface area (Å²) in [6, 6.07) is -0.864. The van der Waals surface area contributed by atoms with Crippen molar-refractivity contribution in [2.45, 2.75) is 84.4 Å². The van der Waals surface area contributed by atoms with Gasteiger partial charge in [0.05, 0.1) is 19.3 Å². The first kappa shape index (κ1) is 29.3. The molecule has 2 saturated heterocycles. The van der Waals surface area contributed by atoms with E-state index in [4.69, 9.17) is 38.7 Å². The zero-order chi connectivity index (χ0) is 27.0. The Morgan fingerprint density at radius 1 is 0.861 bits per heavy atom. The van der Waals surface area contributed by atoms with E-state index in [0.717, 1.165) is 0 Å². The van der Waals surface area contributed by atoms with E-state index >= 15 is 0 Å². The molecule has 14 heteroatoms. The molecule has 0 bridgehead atoms. The fourth-order valence-electron chi connectivity index (χ4n) is 4.20. The molecule has 0 aromatic carbocycles. The van der Waals surface area contributed by atoms with Gasteiger partial charge in [-0.3, -0.25) is 19.2 Å². The average molecular weight is 516 g/mol. The summed E-state index contributed by atoms with van der Waals surface area (Å²) in [5.74, 6) is -3.22. The first-order valence-corrected chi connectivity index (χ1v) is 11.5. The van der Waals surface area contributed by atoms with Crippen molar-refractivity contribution in [2.24, 2.45) is 17.0 Å². The lowest BCUT2D eigenvalue weighted by Crippen LogP contribution is -2.59. The number of rotatable bonds is 9. The van der Waals surface area contributed by atoms with E-state index in [9.17, 15) is 19.2 Å². The summed E-state index contributed by atoms with van der Waals surface area (Å²) in [4.78, 5) is 49.4. The van der Waals surface area contributed by atoms with Gasteiger partial charge >= 0.3 is 23.9 Å². The molecule has 202 valence electrons. The van der Waals surface area contributed by atoms with Crippen LogP contribution >= 0.6 is 0 Å². The smallest absolute Gasteiger partial charge is 0.303 e.